The van der Waals surface area contributed by atoms with Crippen LogP contribution in [0.3, 0.4) is 0 Å². The van der Waals surface area contributed by atoms with E-state index in [1.165, 1.54) is 5.69 Å². The molecule has 1 heterocycles. The first kappa shape index (κ1) is 14.7. The molecule has 114 valence electrons. The molecule has 0 radical (unpaired) electrons. The SMILES string of the molecule is C[C@H](C(=O)NC1CC1)N1CCN(c2ccc(Cl)cc2)CC1. The van der Waals surface area contributed by atoms with E-state index in [-0.39, 0.29) is 11.9 Å². The van der Waals surface area contributed by atoms with E-state index < -0.39 is 0 Å². The van der Waals surface area contributed by atoms with Crippen molar-refractivity contribution in [2.45, 2.75) is 31.8 Å². The average Bonchev–Trinajstić information content (AvgIpc) is 3.31. The van der Waals surface area contributed by atoms with E-state index in [0.717, 1.165) is 44.0 Å². The monoisotopic (exact) mass is 307 g/mol. The average molecular weight is 308 g/mol. The van der Waals surface area contributed by atoms with Crippen molar-refractivity contribution in [3.05, 3.63) is 29.3 Å². The lowest BCUT2D eigenvalue weighted by molar-refractivity contribution is -0.126. The summed E-state index contributed by atoms with van der Waals surface area (Å²) in [7, 11) is 0. The van der Waals surface area contributed by atoms with Gasteiger partial charge in [-0.15, -0.1) is 0 Å². The normalized spacial score (nSPS) is 21.1. The van der Waals surface area contributed by atoms with Crippen molar-refractivity contribution >= 4 is 23.2 Å². The number of carbonyl (C=O) groups excluding carboxylic acids is 1. The van der Waals surface area contributed by atoms with Crippen LogP contribution in [0, 0.1) is 0 Å². The van der Waals surface area contributed by atoms with Crippen molar-refractivity contribution < 1.29 is 4.79 Å². The molecule has 0 unspecified atom stereocenters. The fourth-order valence-corrected chi connectivity index (χ4v) is 2.86. The zero-order chi connectivity index (χ0) is 14.8. The number of nitrogens with one attached hydrogen (secondary N) is 1. The second-order valence-corrected chi connectivity index (χ2v) is 6.39. The Hall–Kier alpha value is -1.26. The molecule has 1 aromatic rings. The molecule has 1 saturated heterocycles. The van der Waals surface area contributed by atoms with Crippen molar-refractivity contribution in [1.82, 2.24) is 10.2 Å². The maximum atomic E-state index is 12.1. The van der Waals surface area contributed by atoms with Gasteiger partial charge in [0.25, 0.3) is 0 Å². The van der Waals surface area contributed by atoms with Crippen LogP contribution in [0.15, 0.2) is 24.3 Å². The minimum absolute atomic E-state index is 0.0297. The number of piperazine rings is 1. The van der Waals surface area contributed by atoms with Crippen LogP contribution in [0.4, 0.5) is 5.69 Å². The van der Waals surface area contributed by atoms with E-state index in [1.54, 1.807) is 0 Å². The quantitative estimate of drug-likeness (QED) is 0.925. The Bertz CT molecular complexity index is 493. The number of benzene rings is 1. The van der Waals surface area contributed by atoms with E-state index in [9.17, 15) is 4.79 Å². The van der Waals surface area contributed by atoms with Gasteiger partial charge in [0.15, 0.2) is 0 Å². The van der Waals surface area contributed by atoms with Crippen molar-refractivity contribution in [2.24, 2.45) is 0 Å². The maximum absolute atomic E-state index is 12.1. The molecule has 0 aromatic heterocycles. The molecule has 1 aliphatic heterocycles. The first-order chi connectivity index (χ1) is 10.1. The van der Waals surface area contributed by atoms with Gasteiger partial charge in [0.1, 0.15) is 0 Å². The second-order valence-electron chi connectivity index (χ2n) is 5.96. The zero-order valence-corrected chi connectivity index (χ0v) is 13.1. The minimum atomic E-state index is -0.0297. The smallest absolute Gasteiger partial charge is 0.237 e. The summed E-state index contributed by atoms with van der Waals surface area (Å²) in [4.78, 5) is 16.7. The predicted octanol–water partition coefficient (Wildman–Crippen LogP) is 2.13. The lowest BCUT2D eigenvalue weighted by Gasteiger charge is -2.38. The zero-order valence-electron chi connectivity index (χ0n) is 12.4. The highest BCUT2D eigenvalue weighted by Crippen LogP contribution is 2.21. The summed E-state index contributed by atoms with van der Waals surface area (Å²) in [6.45, 7) is 5.74. The highest BCUT2D eigenvalue weighted by molar-refractivity contribution is 6.30. The first-order valence-electron chi connectivity index (χ1n) is 7.68. The molecule has 2 aliphatic rings. The molecule has 1 saturated carbocycles. The minimum Gasteiger partial charge on any atom is -0.369 e. The highest BCUT2D eigenvalue weighted by Gasteiger charge is 2.29. The fourth-order valence-electron chi connectivity index (χ4n) is 2.73. The van der Waals surface area contributed by atoms with Crippen molar-refractivity contribution in [3.63, 3.8) is 0 Å². The molecule has 4 nitrogen and oxygen atoms in total. The van der Waals surface area contributed by atoms with Crippen LogP contribution in [0.5, 0.6) is 0 Å². The molecule has 1 aromatic carbocycles. The van der Waals surface area contributed by atoms with Crippen molar-refractivity contribution in [2.75, 3.05) is 31.1 Å². The molecular formula is C16H22ClN3O. The number of nitrogens with zero attached hydrogens (tertiary/aromatic N) is 2. The Balaban J connectivity index is 1.52. The lowest BCUT2D eigenvalue weighted by atomic mass is 10.2. The number of hydrogen-bond acceptors (Lipinski definition) is 3. The molecule has 21 heavy (non-hydrogen) atoms. The summed E-state index contributed by atoms with van der Waals surface area (Å²) in [6.07, 6.45) is 2.28. The van der Waals surface area contributed by atoms with Crippen molar-refractivity contribution in [1.29, 1.82) is 0 Å². The summed E-state index contributed by atoms with van der Waals surface area (Å²) in [5.74, 6) is 0.178. The molecule has 0 spiro atoms. The van der Waals surface area contributed by atoms with Gasteiger partial charge in [0, 0.05) is 42.9 Å². The molecule has 0 bridgehead atoms. The predicted molar refractivity (Wildman–Crippen MR) is 85.9 cm³/mol. The van der Waals surface area contributed by atoms with Gasteiger partial charge in [-0.3, -0.25) is 9.69 Å². The van der Waals surface area contributed by atoms with E-state index >= 15 is 0 Å². The third kappa shape index (κ3) is 3.69. The van der Waals surface area contributed by atoms with Gasteiger partial charge in [0.05, 0.1) is 6.04 Å². The van der Waals surface area contributed by atoms with Crippen LogP contribution in [0.2, 0.25) is 5.02 Å². The molecule has 2 fully saturated rings. The van der Waals surface area contributed by atoms with Gasteiger partial charge in [-0.2, -0.15) is 0 Å². The van der Waals surface area contributed by atoms with Crippen LogP contribution < -0.4 is 10.2 Å². The van der Waals surface area contributed by atoms with Gasteiger partial charge >= 0.3 is 0 Å². The molecule has 1 N–H and O–H groups in total. The third-order valence-corrected chi connectivity index (χ3v) is 4.61. The Labute approximate surface area is 131 Å². The third-order valence-electron chi connectivity index (χ3n) is 4.36. The van der Waals surface area contributed by atoms with Crippen molar-refractivity contribution in [3.8, 4) is 0 Å². The Kier molecular flexibility index (Phi) is 4.36. The summed E-state index contributed by atoms with van der Waals surface area (Å²) in [6, 6.07) is 8.38. The van der Waals surface area contributed by atoms with Crippen LogP contribution in [-0.2, 0) is 4.79 Å². The number of anilines is 1. The highest BCUT2D eigenvalue weighted by atomic mass is 35.5. The molecule has 1 amide bonds. The molecule has 5 heteroatoms. The van der Waals surface area contributed by atoms with E-state index in [0.29, 0.717) is 6.04 Å². The Morgan fingerprint density at radius 1 is 1.19 bits per heavy atom. The van der Waals surface area contributed by atoms with Crippen LogP contribution >= 0.6 is 11.6 Å². The molecular weight excluding hydrogens is 286 g/mol. The maximum Gasteiger partial charge on any atom is 0.237 e. The van der Waals surface area contributed by atoms with E-state index in [2.05, 4.69) is 27.2 Å². The van der Waals surface area contributed by atoms with Crippen LogP contribution in [0.25, 0.3) is 0 Å². The molecule has 1 aliphatic carbocycles. The number of halogens is 1. The topological polar surface area (TPSA) is 35.6 Å². The Morgan fingerprint density at radius 3 is 2.38 bits per heavy atom. The summed E-state index contributed by atoms with van der Waals surface area (Å²) in [5, 5.41) is 3.86. The number of hydrogen-bond donors (Lipinski definition) is 1. The van der Waals surface area contributed by atoms with Crippen LogP contribution in [-0.4, -0.2) is 49.1 Å². The van der Waals surface area contributed by atoms with E-state index in [1.807, 2.05) is 19.1 Å². The largest absolute Gasteiger partial charge is 0.369 e. The second kappa shape index (κ2) is 6.24. The van der Waals surface area contributed by atoms with Gasteiger partial charge in [-0.05, 0) is 44.0 Å². The number of amides is 1. The molecule has 3 rings (SSSR count). The molecule has 1 atom stereocenters. The summed E-state index contributed by atoms with van der Waals surface area (Å²) >= 11 is 5.93. The summed E-state index contributed by atoms with van der Waals surface area (Å²) in [5.41, 5.74) is 1.20. The van der Waals surface area contributed by atoms with Gasteiger partial charge in [-0.1, -0.05) is 11.6 Å². The standard InChI is InChI=1S/C16H22ClN3O/c1-12(16(21)18-14-4-5-14)19-8-10-20(11-9-19)15-6-2-13(17)3-7-15/h2-3,6-7,12,14H,4-5,8-11H2,1H3,(H,18,21)/t12-/m1/s1. The summed E-state index contributed by atoms with van der Waals surface area (Å²) < 4.78 is 0. The van der Waals surface area contributed by atoms with E-state index in [4.69, 9.17) is 11.6 Å². The number of carbonyl (C=O) groups is 1. The first-order valence-corrected chi connectivity index (χ1v) is 8.06. The number of rotatable bonds is 4. The van der Waals surface area contributed by atoms with Gasteiger partial charge < -0.3 is 10.2 Å². The van der Waals surface area contributed by atoms with Gasteiger partial charge in [0.2, 0.25) is 5.91 Å². The fraction of sp³-hybridized carbons (Fsp3) is 0.562. The van der Waals surface area contributed by atoms with Crippen LogP contribution in [0.1, 0.15) is 19.8 Å². The lowest BCUT2D eigenvalue weighted by Crippen LogP contribution is -2.54. The Morgan fingerprint density at radius 2 is 1.81 bits per heavy atom. The van der Waals surface area contributed by atoms with Gasteiger partial charge in [-0.25, -0.2) is 0 Å².